The zero-order chi connectivity index (χ0) is 14.8. The highest BCUT2D eigenvalue weighted by molar-refractivity contribution is 7.22. The van der Waals surface area contributed by atoms with E-state index in [4.69, 9.17) is 5.26 Å². The number of hydrogen-bond donors (Lipinski definition) is 1. The quantitative estimate of drug-likeness (QED) is 0.921. The number of piperidine rings is 1. The van der Waals surface area contributed by atoms with Gasteiger partial charge in [0.05, 0.1) is 22.2 Å². The van der Waals surface area contributed by atoms with E-state index in [0.29, 0.717) is 5.82 Å². The molecule has 3 heterocycles. The lowest BCUT2D eigenvalue weighted by molar-refractivity contribution is -0.114. The topological polar surface area (TPSA) is 81.9 Å². The smallest absolute Gasteiger partial charge is 0.222 e. The largest absolute Gasteiger partial charge is 0.347 e. The van der Waals surface area contributed by atoms with Gasteiger partial charge in [-0.25, -0.2) is 9.97 Å². The highest BCUT2D eigenvalue weighted by Gasteiger charge is 2.22. The van der Waals surface area contributed by atoms with Crippen molar-refractivity contribution in [2.24, 2.45) is 5.92 Å². The molecule has 2 aromatic heterocycles. The first-order valence-corrected chi connectivity index (χ1v) is 7.66. The molecule has 21 heavy (non-hydrogen) atoms. The van der Waals surface area contributed by atoms with Crippen LogP contribution in [0.15, 0.2) is 12.3 Å². The number of fused-ring (bicyclic) bond motifs is 1. The molecule has 0 saturated carbocycles. The van der Waals surface area contributed by atoms with E-state index >= 15 is 0 Å². The maximum atomic E-state index is 11.2. The average Bonchev–Trinajstić information content (AvgIpc) is 2.92. The van der Waals surface area contributed by atoms with E-state index in [2.05, 4.69) is 26.3 Å². The summed E-state index contributed by atoms with van der Waals surface area (Å²) in [5, 5.41) is 12.7. The Morgan fingerprint density at radius 3 is 3.24 bits per heavy atom. The number of pyridine rings is 1. The Labute approximate surface area is 126 Å². The fraction of sp³-hybridized carbons (Fsp3) is 0.429. The molecular weight excluding hydrogens is 286 g/mol. The maximum absolute atomic E-state index is 11.2. The summed E-state index contributed by atoms with van der Waals surface area (Å²) >= 11 is 1.51. The lowest BCUT2D eigenvalue weighted by atomic mass is 10.0. The van der Waals surface area contributed by atoms with Crippen molar-refractivity contribution in [2.45, 2.75) is 19.8 Å². The van der Waals surface area contributed by atoms with E-state index in [9.17, 15) is 4.79 Å². The lowest BCUT2D eigenvalue weighted by Crippen LogP contribution is -2.34. The molecule has 108 valence electrons. The van der Waals surface area contributed by atoms with Gasteiger partial charge in [0.1, 0.15) is 0 Å². The Kier molecular flexibility index (Phi) is 3.71. The first-order valence-electron chi connectivity index (χ1n) is 6.85. The second-order valence-corrected chi connectivity index (χ2v) is 6.08. The number of aromatic nitrogens is 2. The van der Waals surface area contributed by atoms with Crippen molar-refractivity contribution in [3.8, 4) is 6.07 Å². The van der Waals surface area contributed by atoms with Crippen molar-refractivity contribution in [2.75, 3.05) is 23.3 Å². The van der Waals surface area contributed by atoms with Gasteiger partial charge in [-0.2, -0.15) is 5.26 Å². The molecule has 0 radical (unpaired) electrons. The number of nitriles is 1. The molecule has 1 aliphatic rings. The molecular formula is C14H15N5OS. The molecule has 0 unspecified atom stereocenters. The normalized spacial score (nSPS) is 18.5. The minimum atomic E-state index is -0.146. The molecule has 7 heteroatoms. The van der Waals surface area contributed by atoms with Crippen LogP contribution in [0.25, 0.3) is 10.2 Å². The van der Waals surface area contributed by atoms with Gasteiger partial charge in [0.2, 0.25) is 5.91 Å². The number of thiazole rings is 1. The zero-order valence-electron chi connectivity index (χ0n) is 11.7. The second-order valence-electron chi connectivity index (χ2n) is 5.10. The van der Waals surface area contributed by atoms with Crippen LogP contribution in [0.4, 0.5) is 10.9 Å². The predicted octanol–water partition coefficient (Wildman–Crippen LogP) is 2.39. The van der Waals surface area contributed by atoms with E-state index in [-0.39, 0.29) is 11.8 Å². The summed E-state index contributed by atoms with van der Waals surface area (Å²) in [5.41, 5.74) is 0.827. The minimum absolute atomic E-state index is 0.0682. The van der Waals surface area contributed by atoms with Gasteiger partial charge in [-0.05, 0) is 18.9 Å². The molecule has 1 N–H and O–H groups in total. The predicted molar refractivity (Wildman–Crippen MR) is 82.3 cm³/mol. The van der Waals surface area contributed by atoms with Crippen LogP contribution in [0.1, 0.15) is 19.8 Å². The molecule has 0 aliphatic carbocycles. The summed E-state index contributed by atoms with van der Waals surface area (Å²) in [6.07, 6.45) is 3.60. The number of nitrogens with zero attached hydrogens (tertiary/aromatic N) is 4. The van der Waals surface area contributed by atoms with Crippen LogP contribution >= 0.6 is 11.3 Å². The van der Waals surface area contributed by atoms with E-state index in [1.165, 1.54) is 18.3 Å². The van der Waals surface area contributed by atoms with Gasteiger partial charge < -0.3 is 10.2 Å². The van der Waals surface area contributed by atoms with Gasteiger partial charge in [0.15, 0.2) is 10.9 Å². The van der Waals surface area contributed by atoms with Crippen LogP contribution in [-0.4, -0.2) is 29.0 Å². The van der Waals surface area contributed by atoms with Crippen LogP contribution in [0.3, 0.4) is 0 Å². The fourth-order valence-corrected chi connectivity index (χ4v) is 3.53. The number of hydrogen-bond acceptors (Lipinski definition) is 6. The van der Waals surface area contributed by atoms with Crippen molar-refractivity contribution >= 4 is 38.4 Å². The number of rotatable bonds is 2. The van der Waals surface area contributed by atoms with Gasteiger partial charge in [-0.15, -0.1) is 0 Å². The molecule has 0 aromatic carbocycles. The van der Waals surface area contributed by atoms with Crippen LogP contribution in [0.5, 0.6) is 0 Å². The summed E-state index contributed by atoms with van der Waals surface area (Å²) in [6, 6.07) is 4.18. The Balaban J connectivity index is 1.94. The third-order valence-corrected chi connectivity index (χ3v) is 4.60. The lowest BCUT2D eigenvalue weighted by Gasteiger charge is -2.28. The monoisotopic (exact) mass is 301 g/mol. The Morgan fingerprint density at radius 2 is 2.48 bits per heavy atom. The van der Waals surface area contributed by atoms with Gasteiger partial charge in [-0.3, -0.25) is 4.79 Å². The minimum Gasteiger partial charge on any atom is -0.347 e. The number of nitrogens with one attached hydrogen (secondary N) is 1. The maximum Gasteiger partial charge on any atom is 0.222 e. The SMILES string of the molecule is CC(=O)Nc1nccc2nc(N3CCC[C@H](C#N)C3)sc12. The summed E-state index contributed by atoms with van der Waals surface area (Å²) in [6.45, 7) is 3.10. The van der Waals surface area contributed by atoms with E-state index in [1.54, 1.807) is 6.20 Å². The fourth-order valence-electron chi connectivity index (χ4n) is 2.49. The first kappa shape index (κ1) is 13.8. The van der Waals surface area contributed by atoms with Crippen LogP contribution in [0, 0.1) is 17.2 Å². The summed E-state index contributed by atoms with van der Waals surface area (Å²) in [4.78, 5) is 22.2. The highest BCUT2D eigenvalue weighted by Crippen LogP contribution is 2.34. The van der Waals surface area contributed by atoms with Gasteiger partial charge in [0, 0.05) is 26.2 Å². The third kappa shape index (κ3) is 2.81. The third-order valence-electron chi connectivity index (χ3n) is 3.46. The van der Waals surface area contributed by atoms with Crippen molar-refractivity contribution in [3.05, 3.63) is 12.3 Å². The number of carbonyl (C=O) groups excluding carboxylic acids is 1. The van der Waals surface area contributed by atoms with Gasteiger partial charge in [-0.1, -0.05) is 11.3 Å². The molecule has 2 aromatic rings. The van der Waals surface area contributed by atoms with Gasteiger partial charge in [0.25, 0.3) is 0 Å². The molecule has 6 nitrogen and oxygen atoms in total. The summed E-state index contributed by atoms with van der Waals surface area (Å²) in [5.74, 6) is 0.476. The van der Waals surface area contributed by atoms with Crippen LogP contribution in [-0.2, 0) is 4.79 Å². The number of amides is 1. The van der Waals surface area contributed by atoms with Crippen molar-refractivity contribution < 1.29 is 4.79 Å². The molecule has 1 amide bonds. The molecule has 3 rings (SSSR count). The Morgan fingerprint density at radius 1 is 1.62 bits per heavy atom. The van der Waals surface area contributed by atoms with Crippen molar-refractivity contribution in [1.29, 1.82) is 5.26 Å². The standard InChI is InChI=1S/C14H15N5OS/c1-9(20)17-13-12-11(4-5-16-13)18-14(21-12)19-6-2-3-10(7-15)8-19/h4-5,10H,2-3,6,8H2,1H3,(H,16,17,20)/t10-/m1/s1. The molecule has 1 saturated heterocycles. The molecule has 1 atom stereocenters. The van der Waals surface area contributed by atoms with E-state index in [0.717, 1.165) is 41.3 Å². The Bertz CT molecular complexity index is 720. The Hall–Kier alpha value is -2.20. The van der Waals surface area contributed by atoms with Gasteiger partial charge >= 0.3 is 0 Å². The van der Waals surface area contributed by atoms with Crippen molar-refractivity contribution in [3.63, 3.8) is 0 Å². The van der Waals surface area contributed by atoms with Crippen LogP contribution < -0.4 is 10.2 Å². The first-order chi connectivity index (χ1) is 10.2. The number of anilines is 2. The second kappa shape index (κ2) is 5.66. The van der Waals surface area contributed by atoms with Crippen LogP contribution in [0.2, 0.25) is 0 Å². The van der Waals surface area contributed by atoms with E-state index < -0.39 is 0 Å². The summed E-state index contributed by atoms with van der Waals surface area (Å²) in [7, 11) is 0. The average molecular weight is 301 g/mol. The molecule has 1 fully saturated rings. The molecule has 0 spiro atoms. The zero-order valence-corrected chi connectivity index (χ0v) is 12.5. The molecule has 0 bridgehead atoms. The molecule has 1 aliphatic heterocycles. The highest BCUT2D eigenvalue weighted by atomic mass is 32.1. The number of carbonyl (C=O) groups is 1. The summed E-state index contributed by atoms with van der Waals surface area (Å²) < 4.78 is 0.877. The van der Waals surface area contributed by atoms with Crippen molar-refractivity contribution in [1.82, 2.24) is 9.97 Å². The van der Waals surface area contributed by atoms with E-state index in [1.807, 2.05) is 6.07 Å².